The monoisotopic (exact) mass is 268 g/mol. The quantitative estimate of drug-likeness (QED) is 0.909. The molecule has 0 amide bonds. The fraction of sp³-hybridized carbons (Fsp3) is 0.571. The molecule has 1 aromatic carbocycles. The van der Waals surface area contributed by atoms with Crippen molar-refractivity contribution in [1.29, 1.82) is 0 Å². The van der Waals surface area contributed by atoms with Crippen molar-refractivity contribution in [1.82, 2.24) is 5.32 Å². The van der Waals surface area contributed by atoms with Gasteiger partial charge >= 0.3 is 0 Å². The van der Waals surface area contributed by atoms with Crippen LogP contribution in [0.5, 0.6) is 0 Å². The lowest BCUT2D eigenvalue weighted by molar-refractivity contribution is 0.0930. The second-order valence-corrected chi connectivity index (χ2v) is 5.04. The van der Waals surface area contributed by atoms with Gasteiger partial charge in [-0.1, -0.05) is 24.6 Å². The van der Waals surface area contributed by atoms with E-state index in [0.29, 0.717) is 6.04 Å². The van der Waals surface area contributed by atoms with Crippen LogP contribution in [-0.4, -0.2) is 32.8 Å². The smallest absolute Gasteiger partial charge is 0.0670 e. The van der Waals surface area contributed by atoms with Gasteiger partial charge in [0.1, 0.15) is 0 Å². The van der Waals surface area contributed by atoms with Crippen molar-refractivity contribution in [2.24, 2.45) is 0 Å². The molecule has 1 atom stereocenters. The maximum absolute atomic E-state index is 6.32. The van der Waals surface area contributed by atoms with E-state index < -0.39 is 0 Å². The summed E-state index contributed by atoms with van der Waals surface area (Å²) in [5.74, 6) is 0. The van der Waals surface area contributed by atoms with E-state index in [9.17, 15) is 0 Å². The van der Waals surface area contributed by atoms with E-state index in [4.69, 9.17) is 16.3 Å². The maximum atomic E-state index is 6.32. The van der Waals surface area contributed by atoms with Crippen LogP contribution >= 0.6 is 11.6 Å². The van der Waals surface area contributed by atoms with Gasteiger partial charge in [-0.05, 0) is 31.2 Å². The lowest BCUT2D eigenvalue weighted by atomic mass is 10.1. The SMILES string of the molecule is CCC1COCCN1c1ccc(CNC)c(Cl)c1. The summed E-state index contributed by atoms with van der Waals surface area (Å²) in [4.78, 5) is 2.40. The summed E-state index contributed by atoms with van der Waals surface area (Å²) in [5.41, 5.74) is 2.35. The van der Waals surface area contributed by atoms with Crippen LogP contribution in [0.15, 0.2) is 18.2 Å². The van der Waals surface area contributed by atoms with Gasteiger partial charge in [-0.3, -0.25) is 0 Å². The zero-order chi connectivity index (χ0) is 13.0. The third-order valence-electron chi connectivity index (χ3n) is 3.43. The molecule has 1 heterocycles. The summed E-state index contributed by atoms with van der Waals surface area (Å²) in [5, 5.41) is 3.96. The Balaban J connectivity index is 2.19. The first-order valence-corrected chi connectivity index (χ1v) is 6.91. The van der Waals surface area contributed by atoms with Crippen molar-refractivity contribution >= 4 is 17.3 Å². The Morgan fingerprint density at radius 1 is 1.50 bits per heavy atom. The van der Waals surface area contributed by atoms with Gasteiger partial charge in [-0.25, -0.2) is 0 Å². The van der Waals surface area contributed by atoms with Gasteiger partial charge in [-0.2, -0.15) is 0 Å². The molecule has 1 aromatic rings. The van der Waals surface area contributed by atoms with Crippen LogP contribution in [-0.2, 0) is 11.3 Å². The Labute approximate surface area is 114 Å². The molecule has 100 valence electrons. The van der Waals surface area contributed by atoms with Crippen LogP contribution < -0.4 is 10.2 Å². The molecular formula is C14H21ClN2O. The van der Waals surface area contributed by atoms with Crippen LogP contribution in [0, 0.1) is 0 Å². The summed E-state index contributed by atoms with van der Waals surface area (Å²) < 4.78 is 5.53. The van der Waals surface area contributed by atoms with Gasteiger partial charge in [0, 0.05) is 23.8 Å². The van der Waals surface area contributed by atoms with Crippen LogP contribution in [0.25, 0.3) is 0 Å². The molecule has 0 aromatic heterocycles. The molecule has 0 radical (unpaired) electrons. The summed E-state index contributed by atoms with van der Waals surface area (Å²) in [6, 6.07) is 6.80. The minimum Gasteiger partial charge on any atom is -0.377 e. The number of ether oxygens (including phenoxy) is 1. The average molecular weight is 269 g/mol. The normalized spacial score (nSPS) is 20.2. The van der Waals surface area contributed by atoms with Gasteiger partial charge in [-0.15, -0.1) is 0 Å². The molecule has 18 heavy (non-hydrogen) atoms. The van der Waals surface area contributed by atoms with Crippen LogP contribution in [0.3, 0.4) is 0 Å². The van der Waals surface area contributed by atoms with Crippen LogP contribution in [0.4, 0.5) is 5.69 Å². The molecule has 1 saturated heterocycles. The Morgan fingerprint density at radius 2 is 2.33 bits per heavy atom. The zero-order valence-electron chi connectivity index (χ0n) is 11.1. The van der Waals surface area contributed by atoms with Crippen molar-refractivity contribution in [2.75, 3.05) is 31.7 Å². The van der Waals surface area contributed by atoms with Gasteiger partial charge in [0.25, 0.3) is 0 Å². The first-order valence-electron chi connectivity index (χ1n) is 6.53. The topological polar surface area (TPSA) is 24.5 Å². The van der Waals surface area contributed by atoms with Gasteiger partial charge in [0.05, 0.1) is 19.3 Å². The van der Waals surface area contributed by atoms with Crippen molar-refractivity contribution < 1.29 is 4.74 Å². The fourth-order valence-electron chi connectivity index (χ4n) is 2.38. The van der Waals surface area contributed by atoms with Gasteiger partial charge < -0.3 is 15.0 Å². The van der Waals surface area contributed by atoms with Crippen molar-refractivity contribution in [2.45, 2.75) is 25.9 Å². The average Bonchev–Trinajstić information content (AvgIpc) is 2.41. The number of rotatable bonds is 4. The molecule has 2 rings (SSSR count). The lowest BCUT2D eigenvalue weighted by Crippen LogP contribution is -2.45. The Bertz CT molecular complexity index is 397. The molecule has 1 aliphatic rings. The second-order valence-electron chi connectivity index (χ2n) is 4.64. The molecule has 1 aliphatic heterocycles. The molecule has 1 unspecified atom stereocenters. The minimum atomic E-state index is 0.463. The van der Waals surface area contributed by atoms with E-state index in [1.165, 1.54) is 5.69 Å². The van der Waals surface area contributed by atoms with Crippen molar-refractivity contribution in [3.05, 3.63) is 28.8 Å². The first kappa shape index (κ1) is 13.7. The molecule has 0 saturated carbocycles. The Kier molecular flexibility index (Phi) is 4.87. The largest absolute Gasteiger partial charge is 0.377 e. The highest BCUT2D eigenvalue weighted by atomic mass is 35.5. The summed E-state index contributed by atoms with van der Waals surface area (Å²) >= 11 is 6.32. The second kappa shape index (κ2) is 6.41. The molecule has 0 aliphatic carbocycles. The number of nitrogens with one attached hydrogen (secondary N) is 1. The number of benzene rings is 1. The number of hydrogen-bond acceptors (Lipinski definition) is 3. The first-order chi connectivity index (χ1) is 8.76. The molecule has 1 fully saturated rings. The summed E-state index contributed by atoms with van der Waals surface area (Å²) in [6.07, 6.45) is 1.09. The lowest BCUT2D eigenvalue weighted by Gasteiger charge is -2.37. The molecule has 1 N–H and O–H groups in total. The van der Waals surface area contributed by atoms with E-state index >= 15 is 0 Å². The number of halogens is 1. The third-order valence-corrected chi connectivity index (χ3v) is 3.79. The highest BCUT2D eigenvalue weighted by Gasteiger charge is 2.21. The predicted octanol–water partition coefficient (Wildman–Crippen LogP) is 2.67. The van der Waals surface area contributed by atoms with Crippen LogP contribution in [0.1, 0.15) is 18.9 Å². The highest BCUT2D eigenvalue weighted by molar-refractivity contribution is 6.31. The van der Waals surface area contributed by atoms with E-state index in [-0.39, 0.29) is 0 Å². The predicted molar refractivity (Wildman–Crippen MR) is 76.5 cm³/mol. The summed E-state index contributed by atoms with van der Waals surface area (Å²) in [7, 11) is 1.93. The van der Waals surface area contributed by atoms with Crippen molar-refractivity contribution in [3.8, 4) is 0 Å². The van der Waals surface area contributed by atoms with E-state index in [0.717, 1.165) is 43.3 Å². The molecular weight excluding hydrogens is 248 g/mol. The number of morpholine rings is 1. The summed E-state index contributed by atoms with van der Waals surface area (Å²) in [6.45, 7) is 5.56. The van der Waals surface area contributed by atoms with Gasteiger partial charge in [0.15, 0.2) is 0 Å². The number of anilines is 1. The molecule has 0 bridgehead atoms. The Hall–Kier alpha value is -0.770. The maximum Gasteiger partial charge on any atom is 0.0670 e. The molecule has 0 spiro atoms. The van der Waals surface area contributed by atoms with E-state index in [1.807, 2.05) is 7.05 Å². The fourth-order valence-corrected chi connectivity index (χ4v) is 2.62. The van der Waals surface area contributed by atoms with E-state index in [2.05, 4.69) is 35.3 Å². The highest BCUT2D eigenvalue weighted by Crippen LogP contribution is 2.27. The zero-order valence-corrected chi connectivity index (χ0v) is 11.8. The van der Waals surface area contributed by atoms with E-state index in [1.54, 1.807) is 0 Å². The number of hydrogen-bond donors (Lipinski definition) is 1. The Morgan fingerprint density at radius 3 is 3.00 bits per heavy atom. The number of nitrogens with zero attached hydrogens (tertiary/aromatic N) is 1. The van der Waals surface area contributed by atoms with Crippen LogP contribution in [0.2, 0.25) is 5.02 Å². The minimum absolute atomic E-state index is 0.463. The molecule has 3 nitrogen and oxygen atoms in total. The molecule has 4 heteroatoms. The van der Waals surface area contributed by atoms with Gasteiger partial charge in [0.2, 0.25) is 0 Å². The third kappa shape index (κ3) is 2.97. The van der Waals surface area contributed by atoms with Crippen molar-refractivity contribution in [3.63, 3.8) is 0 Å². The standard InChI is InChI=1S/C14H21ClN2O/c1-3-12-10-18-7-6-17(12)13-5-4-11(9-16-2)14(15)8-13/h4-5,8,12,16H,3,6-7,9-10H2,1-2H3.